The molecule has 0 fully saturated rings. The zero-order valence-electron chi connectivity index (χ0n) is 41.5. The van der Waals surface area contributed by atoms with Crippen LogP contribution in [0.5, 0.6) is 0 Å². The van der Waals surface area contributed by atoms with Crippen molar-refractivity contribution < 1.29 is 23.6 Å². The Kier molecular flexibility index (Phi) is 17.4. The fourth-order valence-electron chi connectivity index (χ4n) is 7.35. The van der Waals surface area contributed by atoms with Crippen LogP contribution in [0.15, 0.2) is 193 Å². The molecule has 0 saturated carbocycles. The summed E-state index contributed by atoms with van der Waals surface area (Å²) in [5.74, 6) is -0.934. The Bertz CT molecular complexity index is 3720. The molecule has 0 spiro atoms. The second-order valence-corrected chi connectivity index (χ2v) is 20.0. The molecule has 16 nitrogen and oxygen atoms in total. The van der Waals surface area contributed by atoms with Gasteiger partial charge in [0.25, 0.3) is 11.8 Å². The van der Waals surface area contributed by atoms with Crippen molar-refractivity contribution in [2.24, 2.45) is 0 Å². The maximum atomic E-state index is 13.0. The monoisotopic (exact) mass is 1180 g/mol. The highest BCUT2D eigenvalue weighted by atomic mass is 127. The van der Waals surface area contributed by atoms with Crippen LogP contribution in [-0.2, 0) is 0 Å². The average Bonchev–Trinajstić information content (AvgIpc) is 4.14. The van der Waals surface area contributed by atoms with Gasteiger partial charge in [0.2, 0.25) is 0 Å². The number of pyridine rings is 2. The standard InChI is InChI=1S/C29H23FN6O2S.C29H23IN6O2S/c1-18-4-9-24(15-25(18)35-29-36-26(17-39-29)20-3-2-14-31-16-20)32-27(37)19-5-10-22(11-6-19)33-28(38)34-23-12-7-21(30)8-13-23;1-18-8-11-22(15-25(18)35-29-36-26(17-39-29)20-5-4-14-31-16-20)32-27(37)19-9-12-21(13-10-19)33-28(38)34-24-7-3-2-6-23(24)30/h2*2-17H,1H3,(H,32,37)(H,35,36)(H2,33,34,38). The van der Waals surface area contributed by atoms with Crippen LogP contribution in [0.25, 0.3) is 22.5 Å². The smallest absolute Gasteiger partial charge is 0.323 e. The van der Waals surface area contributed by atoms with E-state index in [1.807, 2.05) is 110 Å². The van der Waals surface area contributed by atoms with Gasteiger partial charge in [-0.25, -0.2) is 23.9 Å². The molecule has 6 amide bonds. The van der Waals surface area contributed by atoms with E-state index in [9.17, 15) is 23.6 Å². The number of aryl methyl sites for hydroxylation is 2. The topological polar surface area (TPSA) is 216 Å². The number of carbonyl (C=O) groups excluding carboxylic acids is 4. The second-order valence-electron chi connectivity index (χ2n) is 17.1. The highest BCUT2D eigenvalue weighted by Crippen LogP contribution is 2.32. The molecule has 10 aromatic rings. The number of aromatic nitrogens is 4. The lowest BCUT2D eigenvalue weighted by Gasteiger charge is -2.12. The van der Waals surface area contributed by atoms with Gasteiger partial charge in [-0.15, -0.1) is 22.7 Å². The summed E-state index contributed by atoms with van der Waals surface area (Å²) in [6, 6.07) is 44.3. The molecule has 0 aliphatic carbocycles. The first-order chi connectivity index (χ1) is 37.9. The molecule has 6 aromatic carbocycles. The summed E-state index contributed by atoms with van der Waals surface area (Å²) in [4.78, 5) is 67.9. The van der Waals surface area contributed by atoms with Crippen molar-refractivity contribution in [3.63, 3.8) is 0 Å². The number of urea groups is 2. The molecule has 388 valence electrons. The van der Waals surface area contributed by atoms with E-state index in [1.54, 1.807) is 73.3 Å². The second kappa shape index (κ2) is 25.4. The zero-order valence-corrected chi connectivity index (χ0v) is 45.3. The molecule has 4 heterocycles. The highest BCUT2D eigenvalue weighted by molar-refractivity contribution is 14.1. The Hall–Kier alpha value is -9.38. The zero-order chi connectivity index (χ0) is 54.4. The van der Waals surface area contributed by atoms with Crippen molar-refractivity contribution in [1.82, 2.24) is 19.9 Å². The molecule has 20 heteroatoms. The van der Waals surface area contributed by atoms with Crippen LogP contribution in [-0.4, -0.2) is 43.8 Å². The fourth-order valence-corrected chi connectivity index (χ4v) is 9.33. The van der Waals surface area contributed by atoms with Gasteiger partial charge in [0, 0.05) is 101 Å². The lowest BCUT2D eigenvalue weighted by molar-refractivity contribution is 0.101. The van der Waals surface area contributed by atoms with Gasteiger partial charge in [0.1, 0.15) is 5.82 Å². The third kappa shape index (κ3) is 14.7. The van der Waals surface area contributed by atoms with E-state index in [0.717, 1.165) is 64.5 Å². The molecule has 0 bridgehead atoms. The minimum absolute atomic E-state index is 0.257. The third-order valence-corrected chi connectivity index (χ3v) is 13.9. The van der Waals surface area contributed by atoms with Crippen LogP contribution < -0.4 is 42.5 Å². The molecule has 0 atom stereocenters. The minimum Gasteiger partial charge on any atom is -0.331 e. The number of benzene rings is 6. The lowest BCUT2D eigenvalue weighted by atomic mass is 10.1. The molecule has 10 rings (SSSR count). The third-order valence-electron chi connectivity index (χ3n) is 11.4. The fraction of sp³-hybridized carbons (Fsp3) is 0.0345. The Labute approximate surface area is 469 Å². The van der Waals surface area contributed by atoms with E-state index in [1.165, 1.54) is 46.9 Å². The molecule has 78 heavy (non-hydrogen) atoms. The number of para-hydroxylation sites is 1. The van der Waals surface area contributed by atoms with Crippen LogP contribution >= 0.6 is 45.3 Å². The largest absolute Gasteiger partial charge is 0.331 e. The molecular weight excluding hydrogens is 1140 g/mol. The number of thiazole rings is 2. The van der Waals surface area contributed by atoms with Gasteiger partial charge in [-0.2, -0.15) is 0 Å². The number of hydrogen-bond donors (Lipinski definition) is 8. The first-order valence-electron chi connectivity index (χ1n) is 23.8. The number of nitrogens with zero attached hydrogens (tertiary/aromatic N) is 4. The van der Waals surface area contributed by atoms with Crippen LogP contribution in [0.1, 0.15) is 31.8 Å². The maximum absolute atomic E-state index is 13.0. The summed E-state index contributed by atoms with van der Waals surface area (Å²) < 4.78 is 14.0. The molecule has 8 N–H and O–H groups in total. The quantitative estimate of drug-likeness (QED) is 0.0482. The predicted octanol–water partition coefficient (Wildman–Crippen LogP) is 15.1. The normalized spacial score (nSPS) is 10.5. The maximum Gasteiger partial charge on any atom is 0.323 e. The molecule has 0 aliphatic rings. The number of halogens is 2. The van der Waals surface area contributed by atoms with Crippen LogP contribution in [0.4, 0.5) is 69.7 Å². The number of nitrogens with one attached hydrogen (secondary N) is 8. The Morgan fingerprint density at radius 2 is 0.885 bits per heavy atom. The summed E-state index contributed by atoms with van der Waals surface area (Å²) in [6.07, 6.45) is 7.00. The molecule has 0 radical (unpaired) electrons. The van der Waals surface area contributed by atoms with Crippen molar-refractivity contribution in [3.05, 3.63) is 225 Å². The highest BCUT2D eigenvalue weighted by Gasteiger charge is 2.14. The summed E-state index contributed by atoms with van der Waals surface area (Å²) in [5.41, 5.74) is 11.7. The molecule has 4 aromatic heterocycles. The van der Waals surface area contributed by atoms with Crippen LogP contribution in [0, 0.1) is 23.2 Å². The molecule has 0 saturated heterocycles. The van der Waals surface area contributed by atoms with Gasteiger partial charge in [0.05, 0.1) is 17.1 Å². The number of rotatable bonds is 14. The Morgan fingerprint density at radius 1 is 0.462 bits per heavy atom. The molecule has 0 unspecified atom stereocenters. The van der Waals surface area contributed by atoms with Gasteiger partial charge in [-0.05, 0) is 181 Å². The number of carbonyl (C=O) groups is 4. The van der Waals surface area contributed by atoms with E-state index in [0.29, 0.717) is 39.6 Å². The first kappa shape index (κ1) is 53.4. The van der Waals surface area contributed by atoms with E-state index in [4.69, 9.17) is 0 Å². The number of amides is 6. The number of hydrogen-bond acceptors (Lipinski definition) is 12. The number of anilines is 10. The predicted molar refractivity (Wildman–Crippen MR) is 319 cm³/mol. The first-order valence-corrected chi connectivity index (χ1v) is 26.7. The van der Waals surface area contributed by atoms with Crippen molar-refractivity contribution >= 4 is 125 Å². The van der Waals surface area contributed by atoms with Gasteiger partial charge in [-0.3, -0.25) is 19.6 Å². The van der Waals surface area contributed by atoms with Gasteiger partial charge >= 0.3 is 12.1 Å². The lowest BCUT2D eigenvalue weighted by Crippen LogP contribution is -2.20. The van der Waals surface area contributed by atoms with E-state index < -0.39 is 6.03 Å². The summed E-state index contributed by atoms with van der Waals surface area (Å²) in [5, 5.41) is 28.8. The van der Waals surface area contributed by atoms with Crippen molar-refractivity contribution in [3.8, 4) is 22.5 Å². The van der Waals surface area contributed by atoms with Gasteiger partial charge in [-0.1, -0.05) is 24.3 Å². The van der Waals surface area contributed by atoms with Crippen LogP contribution in [0.3, 0.4) is 0 Å². The Balaban J connectivity index is 0.000000190. The molecule has 0 aliphatic heterocycles. The summed E-state index contributed by atoms with van der Waals surface area (Å²) >= 11 is 5.14. The average molecular weight is 1190 g/mol. The van der Waals surface area contributed by atoms with Crippen LogP contribution in [0.2, 0.25) is 0 Å². The minimum atomic E-state index is -0.480. The van der Waals surface area contributed by atoms with E-state index in [-0.39, 0.29) is 23.7 Å². The van der Waals surface area contributed by atoms with E-state index >= 15 is 0 Å². The Morgan fingerprint density at radius 3 is 1.32 bits per heavy atom. The summed E-state index contributed by atoms with van der Waals surface area (Å²) in [6.45, 7) is 3.96. The van der Waals surface area contributed by atoms with Gasteiger partial charge in [0.15, 0.2) is 10.3 Å². The van der Waals surface area contributed by atoms with Crippen molar-refractivity contribution in [2.45, 2.75) is 13.8 Å². The molecular formula is C58H46FIN12O4S2. The van der Waals surface area contributed by atoms with Crippen molar-refractivity contribution in [2.75, 3.05) is 42.5 Å². The van der Waals surface area contributed by atoms with Crippen molar-refractivity contribution in [1.29, 1.82) is 0 Å². The van der Waals surface area contributed by atoms with E-state index in [2.05, 4.69) is 85.1 Å². The summed E-state index contributed by atoms with van der Waals surface area (Å²) in [7, 11) is 0. The SMILES string of the molecule is Cc1ccc(NC(=O)c2ccc(NC(=O)Nc3ccc(F)cc3)cc2)cc1Nc1nc(-c2cccnc2)cs1.Cc1ccc(NC(=O)c2ccc(NC(=O)Nc3ccccc3I)cc2)cc1Nc1nc(-c2cccnc2)cs1. The van der Waals surface area contributed by atoms with Gasteiger partial charge < -0.3 is 42.5 Å².